The molecule has 0 aromatic rings. The molecule has 35 heavy (non-hydrogen) atoms. The van der Waals surface area contributed by atoms with E-state index in [4.69, 9.17) is 14.6 Å². The highest BCUT2D eigenvalue weighted by atomic mass is 32.2. The van der Waals surface area contributed by atoms with E-state index in [0.29, 0.717) is 6.61 Å². The number of carbonyl (C=O) groups is 3. The predicted octanol–water partition coefficient (Wildman–Crippen LogP) is 7.07. The van der Waals surface area contributed by atoms with Crippen LogP contribution in [0.2, 0.25) is 0 Å². The molecule has 1 amide bonds. The number of esters is 1. The summed E-state index contributed by atoms with van der Waals surface area (Å²) < 4.78 is 10.3. The molecular formula is C27H53NO6S. The molecule has 0 heterocycles. The van der Waals surface area contributed by atoms with Crippen molar-refractivity contribution < 1.29 is 29.0 Å². The number of thioether (sulfide) groups is 1. The molecule has 0 aliphatic carbocycles. The standard InChI is InChI=1S/C22H43NO4S.C5H10O2/c1-5-22(2,3)20(24)26-18-16-23-21(25)27-17-14-12-10-8-6-7-9-11-13-15-19-28-4;1-3-4(2)5(6)7/h5-19H2,1-4H3,(H,23,25);4H,3H2,1-2H3,(H,6,7). The Morgan fingerprint density at radius 1 is 0.857 bits per heavy atom. The zero-order valence-electron chi connectivity index (χ0n) is 23.3. The molecule has 0 bridgehead atoms. The molecule has 0 spiro atoms. The van der Waals surface area contributed by atoms with Crippen molar-refractivity contribution in [3.05, 3.63) is 0 Å². The van der Waals surface area contributed by atoms with Gasteiger partial charge in [0.1, 0.15) is 6.61 Å². The third kappa shape index (κ3) is 24.0. The second kappa shape index (κ2) is 24.3. The third-order valence-electron chi connectivity index (χ3n) is 6.05. The zero-order valence-corrected chi connectivity index (χ0v) is 24.1. The molecule has 0 aromatic heterocycles. The van der Waals surface area contributed by atoms with Gasteiger partial charge in [0.25, 0.3) is 0 Å². The fraction of sp³-hybridized carbons (Fsp3) is 0.889. The van der Waals surface area contributed by atoms with Crippen molar-refractivity contribution in [3.8, 4) is 0 Å². The fourth-order valence-corrected chi connectivity index (χ4v) is 3.28. The average Bonchev–Trinajstić information content (AvgIpc) is 2.84. The molecule has 0 saturated carbocycles. The minimum atomic E-state index is -0.706. The van der Waals surface area contributed by atoms with Crippen molar-refractivity contribution in [1.29, 1.82) is 0 Å². The summed E-state index contributed by atoms with van der Waals surface area (Å²) >= 11 is 1.94. The van der Waals surface area contributed by atoms with Crippen molar-refractivity contribution in [2.24, 2.45) is 11.3 Å². The lowest BCUT2D eigenvalue weighted by Gasteiger charge is -2.20. The van der Waals surface area contributed by atoms with Crippen LogP contribution in [-0.4, -0.2) is 54.9 Å². The molecule has 7 nitrogen and oxygen atoms in total. The first-order valence-electron chi connectivity index (χ1n) is 13.4. The molecule has 1 atom stereocenters. The molecule has 208 valence electrons. The number of hydrogen-bond donors (Lipinski definition) is 2. The number of unbranched alkanes of at least 4 members (excludes halogenated alkanes) is 9. The predicted molar refractivity (Wildman–Crippen MR) is 146 cm³/mol. The number of amides is 1. The Hall–Kier alpha value is -1.44. The SMILES string of the molecule is CCC(C)(C)C(=O)OCCNC(=O)OCCCCCCCCCCCCSC.CCC(C)C(=O)O. The van der Waals surface area contributed by atoms with Crippen molar-refractivity contribution in [2.45, 2.75) is 112 Å². The van der Waals surface area contributed by atoms with Gasteiger partial charge in [-0.1, -0.05) is 72.1 Å². The van der Waals surface area contributed by atoms with Gasteiger partial charge in [-0.25, -0.2) is 4.79 Å². The lowest BCUT2D eigenvalue weighted by atomic mass is 9.91. The van der Waals surface area contributed by atoms with Crippen LogP contribution in [0.1, 0.15) is 112 Å². The minimum Gasteiger partial charge on any atom is -0.481 e. The Morgan fingerprint density at radius 2 is 1.37 bits per heavy atom. The highest BCUT2D eigenvalue weighted by Gasteiger charge is 2.26. The quantitative estimate of drug-likeness (QED) is 0.131. The molecule has 8 heteroatoms. The molecular weight excluding hydrogens is 466 g/mol. The number of carboxylic acids is 1. The monoisotopic (exact) mass is 519 g/mol. The van der Waals surface area contributed by atoms with Crippen LogP contribution in [-0.2, 0) is 19.1 Å². The Bertz CT molecular complexity index is 542. The Balaban J connectivity index is 0. The lowest BCUT2D eigenvalue weighted by Crippen LogP contribution is -2.32. The number of carbonyl (C=O) groups excluding carboxylic acids is 2. The second-order valence-corrected chi connectivity index (χ2v) is 10.6. The highest BCUT2D eigenvalue weighted by Crippen LogP contribution is 2.21. The summed E-state index contributed by atoms with van der Waals surface area (Å²) in [5.41, 5.74) is -0.478. The minimum absolute atomic E-state index is 0.176. The van der Waals surface area contributed by atoms with Crippen LogP contribution in [0, 0.1) is 11.3 Å². The number of ether oxygens (including phenoxy) is 2. The maximum absolute atomic E-state index is 11.8. The summed E-state index contributed by atoms with van der Waals surface area (Å²) in [6, 6.07) is 0. The van der Waals surface area contributed by atoms with Crippen LogP contribution in [0.4, 0.5) is 4.79 Å². The average molecular weight is 520 g/mol. The lowest BCUT2D eigenvalue weighted by molar-refractivity contribution is -0.153. The maximum atomic E-state index is 11.8. The molecule has 2 N–H and O–H groups in total. The van der Waals surface area contributed by atoms with Gasteiger partial charge in [-0.15, -0.1) is 0 Å². The van der Waals surface area contributed by atoms with Gasteiger partial charge in [0.05, 0.1) is 24.5 Å². The smallest absolute Gasteiger partial charge is 0.407 e. The van der Waals surface area contributed by atoms with E-state index in [0.717, 1.165) is 25.7 Å². The normalized spacial score (nSPS) is 11.7. The molecule has 0 aliphatic heterocycles. The topological polar surface area (TPSA) is 102 Å². The van der Waals surface area contributed by atoms with Crippen LogP contribution >= 0.6 is 11.8 Å². The Labute approximate surface area is 218 Å². The summed E-state index contributed by atoms with van der Waals surface area (Å²) in [7, 11) is 0. The van der Waals surface area contributed by atoms with E-state index in [9.17, 15) is 14.4 Å². The number of aliphatic carboxylic acids is 1. The number of nitrogens with one attached hydrogen (secondary N) is 1. The Kier molecular flexibility index (Phi) is 24.8. The fourth-order valence-electron chi connectivity index (χ4n) is 2.79. The number of hydrogen-bond acceptors (Lipinski definition) is 6. The van der Waals surface area contributed by atoms with E-state index in [2.05, 4.69) is 11.6 Å². The van der Waals surface area contributed by atoms with E-state index < -0.39 is 17.5 Å². The largest absolute Gasteiger partial charge is 0.481 e. The molecule has 0 aliphatic rings. The van der Waals surface area contributed by atoms with Crippen LogP contribution < -0.4 is 5.32 Å². The first kappa shape index (κ1) is 35.7. The molecule has 1 unspecified atom stereocenters. The van der Waals surface area contributed by atoms with Gasteiger partial charge >= 0.3 is 18.0 Å². The zero-order chi connectivity index (χ0) is 27.0. The van der Waals surface area contributed by atoms with E-state index in [-0.39, 0.29) is 25.0 Å². The van der Waals surface area contributed by atoms with Gasteiger partial charge in [0.15, 0.2) is 0 Å². The molecule has 0 aromatic carbocycles. The van der Waals surface area contributed by atoms with E-state index in [1.807, 2.05) is 39.5 Å². The van der Waals surface area contributed by atoms with Gasteiger partial charge in [0, 0.05) is 0 Å². The summed E-state index contributed by atoms with van der Waals surface area (Å²) in [6.45, 7) is 10.1. The van der Waals surface area contributed by atoms with Crippen molar-refractivity contribution in [1.82, 2.24) is 5.32 Å². The van der Waals surface area contributed by atoms with Gasteiger partial charge < -0.3 is 19.9 Å². The first-order valence-corrected chi connectivity index (χ1v) is 14.8. The second-order valence-electron chi connectivity index (χ2n) is 9.61. The van der Waals surface area contributed by atoms with Gasteiger partial charge in [0.2, 0.25) is 0 Å². The van der Waals surface area contributed by atoms with Crippen molar-refractivity contribution in [3.63, 3.8) is 0 Å². The molecule has 0 saturated heterocycles. The number of carboxylic acid groups (broad SMARTS) is 1. The van der Waals surface area contributed by atoms with Crippen LogP contribution in [0.3, 0.4) is 0 Å². The van der Waals surface area contributed by atoms with Gasteiger partial charge in [-0.3, -0.25) is 9.59 Å². The van der Waals surface area contributed by atoms with Crippen LogP contribution in [0.5, 0.6) is 0 Å². The summed E-state index contributed by atoms with van der Waals surface area (Å²) in [4.78, 5) is 33.3. The number of alkyl carbamates (subject to hydrolysis) is 1. The first-order chi connectivity index (χ1) is 16.6. The highest BCUT2D eigenvalue weighted by molar-refractivity contribution is 7.98. The van der Waals surface area contributed by atoms with Crippen LogP contribution in [0.15, 0.2) is 0 Å². The molecule has 0 fully saturated rings. The van der Waals surface area contributed by atoms with E-state index >= 15 is 0 Å². The van der Waals surface area contributed by atoms with Crippen LogP contribution in [0.25, 0.3) is 0 Å². The molecule has 0 radical (unpaired) electrons. The third-order valence-corrected chi connectivity index (χ3v) is 6.75. The summed E-state index contributed by atoms with van der Waals surface area (Å²) in [5.74, 6) is 0.174. The Morgan fingerprint density at radius 3 is 1.80 bits per heavy atom. The van der Waals surface area contributed by atoms with E-state index in [1.54, 1.807) is 6.92 Å². The van der Waals surface area contributed by atoms with Crippen molar-refractivity contribution >= 4 is 29.8 Å². The summed E-state index contributed by atoms with van der Waals surface area (Å²) in [5, 5.41) is 10.8. The van der Waals surface area contributed by atoms with Crippen molar-refractivity contribution in [2.75, 3.05) is 31.8 Å². The van der Waals surface area contributed by atoms with E-state index in [1.165, 1.54) is 57.1 Å². The van der Waals surface area contributed by atoms with Gasteiger partial charge in [-0.2, -0.15) is 11.8 Å². The number of rotatable bonds is 20. The maximum Gasteiger partial charge on any atom is 0.407 e. The molecule has 0 rings (SSSR count). The van der Waals surface area contributed by atoms with Gasteiger partial charge in [-0.05, 0) is 51.5 Å². The summed E-state index contributed by atoms with van der Waals surface area (Å²) in [6.07, 6.45) is 15.8.